The summed E-state index contributed by atoms with van der Waals surface area (Å²) in [6, 6.07) is 26.2. The van der Waals surface area contributed by atoms with Crippen LogP contribution >= 0.6 is 11.3 Å². The average molecular weight is 355 g/mol. The van der Waals surface area contributed by atoms with E-state index in [1.165, 1.54) is 42.7 Å². The lowest BCUT2D eigenvalue weighted by molar-refractivity contribution is -0.743. The summed E-state index contributed by atoms with van der Waals surface area (Å²) in [5.74, 6) is 0. The van der Waals surface area contributed by atoms with Gasteiger partial charge in [-0.05, 0) is 30.7 Å². The van der Waals surface area contributed by atoms with Crippen molar-refractivity contribution in [2.45, 2.75) is 6.92 Å². The Hall–Kier alpha value is -2.91. The smallest absolute Gasteiger partial charge is 0.135 e. The zero-order valence-electron chi connectivity index (χ0n) is 14.8. The highest BCUT2D eigenvalue weighted by Gasteiger charge is 2.17. The number of benzene rings is 3. The van der Waals surface area contributed by atoms with Gasteiger partial charge >= 0.3 is 0 Å². The number of hydrogen-bond donors (Lipinski definition) is 0. The van der Waals surface area contributed by atoms with Crippen LogP contribution in [0.4, 0.5) is 0 Å². The molecule has 0 bridgehead atoms. The summed E-state index contributed by atoms with van der Waals surface area (Å²) < 4.78 is 7.11. The Balaban J connectivity index is 1.74. The molecule has 2 heterocycles. The van der Waals surface area contributed by atoms with Crippen LogP contribution in [0.5, 0.6) is 0 Å². The Kier molecular flexibility index (Phi) is 3.44. The first-order chi connectivity index (χ1) is 12.7. The van der Waals surface area contributed by atoms with Gasteiger partial charge in [0.05, 0.1) is 0 Å². The van der Waals surface area contributed by atoms with Crippen molar-refractivity contribution >= 4 is 31.5 Å². The highest BCUT2D eigenvalue weighted by atomic mass is 32.1. The number of aromatic nitrogens is 2. The second-order valence-electron chi connectivity index (χ2n) is 6.68. The number of aryl methyl sites for hydroxylation is 2. The van der Waals surface area contributed by atoms with Crippen LogP contribution in [0.25, 0.3) is 37.1 Å². The molecule has 0 aliphatic carbocycles. The molecule has 3 aromatic carbocycles. The molecule has 3 heteroatoms. The first-order valence-corrected chi connectivity index (χ1v) is 9.59. The Bertz CT molecular complexity index is 1260. The molecule has 0 spiro atoms. The van der Waals surface area contributed by atoms with Crippen molar-refractivity contribution in [1.82, 2.24) is 4.68 Å². The van der Waals surface area contributed by atoms with Gasteiger partial charge in [0.25, 0.3) is 0 Å². The van der Waals surface area contributed by atoms with Crippen LogP contribution < -0.4 is 4.68 Å². The maximum Gasteiger partial charge on any atom is 0.196 e. The minimum atomic E-state index is 1.21. The van der Waals surface area contributed by atoms with Crippen molar-refractivity contribution in [3.63, 3.8) is 0 Å². The van der Waals surface area contributed by atoms with Crippen LogP contribution in [0.15, 0.2) is 79.0 Å². The number of para-hydroxylation sites is 1. The summed E-state index contributed by atoms with van der Waals surface area (Å²) in [5, 5.41) is 2.69. The number of fused-ring (bicyclic) bond motifs is 3. The van der Waals surface area contributed by atoms with Crippen LogP contribution in [0.2, 0.25) is 0 Å². The first kappa shape index (κ1) is 15.4. The van der Waals surface area contributed by atoms with Crippen molar-refractivity contribution in [2.75, 3.05) is 0 Å². The molecule has 0 saturated heterocycles. The molecular formula is C23H19N2S+. The Labute approximate surface area is 156 Å². The van der Waals surface area contributed by atoms with E-state index in [1.54, 1.807) is 0 Å². The lowest BCUT2D eigenvalue weighted by Gasteiger charge is -2.09. The minimum Gasteiger partial charge on any atom is -0.135 e. The van der Waals surface area contributed by atoms with Crippen molar-refractivity contribution in [3.8, 4) is 16.9 Å². The van der Waals surface area contributed by atoms with Crippen LogP contribution in [0, 0.1) is 6.92 Å². The molecule has 5 aromatic rings. The fourth-order valence-electron chi connectivity index (χ4n) is 3.69. The highest BCUT2D eigenvalue weighted by molar-refractivity contribution is 7.25. The lowest BCUT2D eigenvalue weighted by atomic mass is 10.1. The molecule has 2 aromatic heterocycles. The Morgan fingerprint density at radius 1 is 0.808 bits per heavy atom. The van der Waals surface area contributed by atoms with Gasteiger partial charge in [0.1, 0.15) is 11.4 Å². The SMILES string of the molecule is Cc1ccccc1-n1c(-c2ccc3c(c2)sc2ccccc23)cc[n+]1C. The summed E-state index contributed by atoms with van der Waals surface area (Å²) >= 11 is 1.87. The summed E-state index contributed by atoms with van der Waals surface area (Å²) in [7, 11) is 2.09. The number of nitrogens with zero attached hydrogens (tertiary/aromatic N) is 2. The van der Waals surface area contributed by atoms with Gasteiger partial charge in [0, 0.05) is 31.8 Å². The third-order valence-electron chi connectivity index (χ3n) is 5.01. The molecule has 0 N–H and O–H groups in total. The van der Waals surface area contributed by atoms with E-state index in [4.69, 9.17) is 0 Å². The number of hydrogen-bond acceptors (Lipinski definition) is 1. The maximum absolute atomic E-state index is 2.32. The van der Waals surface area contributed by atoms with Gasteiger partial charge < -0.3 is 0 Å². The van der Waals surface area contributed by atoms with Crippen molar-refractivity contribution in [3.05, 3.63) is 84.6 Å². The van der Waals surface area contributed by atoms with Crippen LogP contribution in [0.1, 0.15) is 5.56 Å². The van der Waals surface area contributed by atoms with Gasteiger partial charge in [0.15, 0.2) is 13.2 Å². The number of thiophene rings is 1. The normalized spacial score (nSPS) is 11.5. The van der Waals surface area contributed by atoms with E-state index in [0.717, 1.165) is 0 Å². The molecule has 126 valence electrons. The molecule has 0 aliphatic rings. The highest BCUT2D eigenvalue weighted by Crippen LogP contribution is 2.36. The maximum atomic E-state index is 2.32. The fourth-order valence-corrected chi connectivity index (χ4v) is 4.84. The molecule has 0 fully saturated rings. The van der Waals surface area contributed by atoms with Crippen LogP contribution in [-0.2, 0) is 7.05 Å². The van der Waals surface area contributed by atoms with Crippen LogP contribution in [-0.4, -0.2) is 4.68 Å². The topological polar surface area (TPSA) is 8.81 Å². The second kappa shape index (κ2) is 5.82. The van der Waals surface area contributed by atoms with Gasteiger partial charge in [-0.1, -0.05) is 48.5 Å². The summed E-state index contributed by atoms with van der Waals surface area (Å²) in [6.45, 7) is 2.16. The van der Waals surface area contributed by atoms with Gasteiger partial charge in [-0.2, -0.15) is 0 Å². The molecule has 0 unspecified atom stereocenters. The van der Waals surface area contributed by atoms with Crippen molar-refractivity contribution in [2.24, 2.45) is 7.05 Å². The summed E-state index contributed by atoms with van der Waals surface area (Å²) in [5.41, 5.74) is 4.93. The summed E-state index contributed by atoms with van der Waals surface area (Å²) in [6.07, 6.45) is 2.12. The molecule has 0 atom stereocenters. The standard InChI is InChI=1S/C23H19N2S/c1-16-7-3-5-9-20(16)25-21(13-14-24(25)2)17-11-12-19-18-8-4-6-10-22(18)26-23(19)15-17/h3-15H,1-2H3/q+1. The van der Waals surface area contributed by atoms with E-state index in [0.29, 0.717) is 0 Å². The Morgan fingerprint density at radius 3 is 2.46 bits per heavy atom. The van der Waals surface area contributed by atoms with Gasteiger partial charge in [-0.15, -0.1) is 20.7 Å². The quantitative estimate of drug-likeness (QED) is 0.362. The fraction of sp³-hybridized carbons (Fsp3) is 0.0870. The molecule has 0 amide bonds. The average Bonchev–Trinajstić information content (AvgIpc) is 3.22. The molecule has 0 aliphatic heterocycles. The zero-order valence-corrected chi connectivity index (χ0v) is 15.6. The third kappa shape index (κ3) is 2.28. The van der Waals surface area contributed by atoms with Gasteiger partial charge in [0.2, 0.25) is 0 Å². The lowest BCUT2D eigenvalue weighted by Crippen LogP contribution is -2.37. The predicted octanol–water partition coefficient (Wildman–Crippen LogP) is 5.65. The molecule has 0 saturated carbocycles. The molecular weight excluding hydrogens is 336 g/mol. The van der Waals surface area contributed by atoms with Crippen LogP contribution in [0.3, 0.4) is 0 Å². The van der Waals surface area contributed by atoms with Gasteiger partial charge in [-0.25, -0.2) is 0 Å². The van der Waals surface area contributed by atoms with Gasteiger partial charge in [-0.3, -0.25) is 0 Å². The van der Waals surface area contributed by atoms with E-state index in [1.807, 2.05) is 11.3 Å². The Morgan fingerprint density at radius 2 is 1.58 bits per heavy atom. The summed E-state index contributed by atoms with van der Waals surface area (Å²) in [4.78, 5) is 0. The predicted molar refractivity (Wildman–Crippen MR) is 110 cm³/mol. The largest absolute Gasteiger partial charge is 0.196 e. The molecule has 0 radical (unpaired) electrons. The minimum absolute atomic E-state index is 1.21. The molecule has 5 rings (SSSR count). The third-order valence-corrected chi connectivity index (χ3v) is 6.14. The monoisotopic (exact) mass is 355 g/mol. The molecule has 26 heavy (non-hydrogen) atoms. The zero-order chi connectivity index (χ0) is 17.7. The van der Waals surface area contributed by atoms with E-state index in [9.17, 15) is 0 Å². The van der Waals surface area contributed by atoms with Crippen molar-refractivity contribution < 1.29 is 4.68 Å². The number of rotatable bonds is 2. The van der Waals surface area contributed by atoms with E-state index in [2.05, 4.69) is 102 Å². The van der Waals surface area contributed by atoms with E-state index < -0.39 is 0 Å². The van der Waals surface area contributed by atoms with Crippen molar-refractivity contribution in [1.29, 1.82) is 0 Å². The second-order valence-corrected chi connectivity index (χ2v) is 7.77. The molecule has 2 nitrogen and oxygen atoms in total. The van der Waals surface area contributed by atoms with E-state index in [-0.39, 0.29) is 0 Å². The van der Waals surface area contributed by atoms with E-state index >= 15 is 0 Å². The first-order valence-electron chi connectivity index (χ1n) is 8.78.